The van der Waals surface area contributed by atoms with Crippen LogP contribution in [0.2, 0.25) is 0 Å². The molecule has 0 atom stereocenters. The Kier molecular flexibility index (Phi) is 1.97. The Morgan fingerprint density at radius 3 is 3.07 bits per heavy atom. The third-order valence-corrected chi connectivity index (χ3v) is 2.31. The van der Waals surface area contributed by atoms with Crippen LogP contribution in [-0.2, 0) is 11.3 Å². The van der Waals surface area contributed by atoms with Crippen molar-refractivity contribution in [3.8, 4) is 6.07 Å². The molecule has 1 aliphatic carbocycles. The molecular formula is C9H9N3O2. The van der Waals surface area contributed by atoms with E-state index < -0.39 is 5.41 Å². The van der Waals surface area contributed by atoms with Gasteiger partial charge >= 0.3 is 0 Å². The van der Waals surface area contributed by atoms with Gasteiger partial charge in [0.15, 0.2) is 5.76 Å². The van der Waals surface area contributed by atoms with Gasteiger partial charge in [-0.15, -0.1) is 0 Å². The fourth-order valence-electron chi connectivity index (χ4n) is 1.18. The predicted octanol–water partition coefficient (Wildman–Crippen LogP) is 0.595. The minimum atomic E-state index is -0.764. The third kappa shape index (κ3) is 1.46. The molecule has 0 radical (unpaired) electrons. The summed E-state index contributed by atoms with van der Waals surface area (Å²) in [5.41, 5.74) is -0.764. The van der Waals surface area contributed by atoms with Gasteiger partial charge in [-0.25, -0.2) is 0 Å². The Morgan fingerprint density at radius 1 is 1.79 bits per heavy atom. The zero-order chi connectivity index (χ0) is 10.0. The van der Waals surface area contributed by atoms with E-state index in [2.05, 4.69) is 10.5 Å². The number of aromatic nitrogens is 1. The quantitative estimate of drug-likeness (QED) is 0.758. The lowest BCUT2D eigenvalue weighted by Crippen LogP contribution is -2.30. The lowest BCUT2D eigenvalue weighted by Gasteiger charge is -2.05. The molecule has 5 nitrogen and oxygen atoms in total. The van der Waals surface area contributed by atoms with Crippen LogP contribution in [0, 0.1) is 16.7 Å². The molecule has 2 rings (SSSR count). The number of nitrogens with zero attached hydrogens (tertiary/aromatic N) is 2. The van der Waals surface area contributed by atoms with E-state index >= 15 is 0 Å². The number of carbonyl (C=O) groups is 1. The minimum absolute atomic E-state index is 0.212. The summed E-state index contributed by atoms with van der Waals surface area (Å²) in [5, 5.41) is 14.9. The summed E-state index contributed by atoms with van der Waals surface area (Å²) in [5.74, 6) is 0.378. The molecule has 0 unspecified atom stereocenters. The fraction of sp³-hybridized carbons (Fsp3) is 0.444. The van der Waals surface area contributed by atoms with Gasteiger partial charge in [0.05, 0.1) is 18.8 Å². The Hall–Kier alpha value is -1.83. The smallest absolute Gasteiger partial charge is 0.240 e. The van der Waals surface area contributed by atoms with Crippen LogP contribution in [-0.4, -0.2) is 11.1 Å². The monoisotopic (exact) mass is 191 g/mol. The molecule has 1 aromatic rings. The van der Waals surface area contributed by atoms with Gasteiger partial charge in [-0.1, -0.05) is 5.16 Å². The van der Waals surface area contributed by atoms with Crippen LogP contribution in [0.15, 0.2) is 16.8 Å². The molecule has 1 aliphatic rings. The molecule has 1 N–H and O–H groups in total. The summed E-state index contributed by atoms with van der Waals surface area (Å²) < 4.78 is 4.80. The Bertz CT molecular complexity index is 373. The first kappa shape index (κ1) is 8.75. The van der Waals surface area contributed by atoms with Crippen LogP contribution in [0.1, 0.15) is 18.6 Å². The second-order valence-electron chi connectivity index (χ2n) is 3.36. The number of nitriles is 1. The maximum Gasteiger partial charge on any atom is 0.240 e. The van der Waals surface area contributed by atoms with Gasteiger partial charge in [0.25, 0.3) is 0 Å². The molecule has 0 aliphatic heterocycles. The molecule has 1 fully saturated rings. The van der Waals surface area contributed by atoms with Crippen molar-refractivity contribution in [1.82, 2.24) is 10.5 Å². The Balaban J connectivity index is 1.88. The molecule has 1 saturated carbocycles. The molecule has 0 aromatic carbocycles. The first-order valence-electron chi connectivity index (χ1n) is 4.36. The van der Waals surface area contributed by atoms with Crippen molar-refractivity contribution in [2.75, 3.05) is 0 Å². The summed E-state index contributed by atoms with van der Waals surface area (Å²) in [4.78, 5) is 11.5. The Labute approximate surface area is 80.7 Å². The number of amides is 1. The van der Waals surface area contributed by atoms with E-state index in [-0.39, 0.29) is 5.91 Å². The highest BCUT2D eigenvalue weighted by atomic mass is 16.5. The lowest BCUT2D eigenvalue weighted by atomic mass is 10.1. The van der Waals surface area contributed by atoms with Crippen molar-refractivity contribution < 1.29 is 9.32 Å². The van der Waals surface area contributed by atoms with E-state index in [9.17, 15) is 4.79 Å². The van der Waals surface area contributed by atoms with Gasteiger partial charge in [-0.2, -0.15) is 5.26 Å². The normalized spacial score (nSPS) is 17.1. The van der Waals surface area contributed by atoms with Crippen molar-refractivity contribution >= 4 is 5.91 Å². The van der Waals surface area contributed by atoms with Crippen molar-refractivity contribution in [2.45, 2.75) is 19.4 Å². The van der Waals surface area contributed by atoms with Gasteiger partial charge in [0.1, 0.15) is 5.41 Å². The van der Waals surface area contributed by atoms with Crippen LogP contribution in [0.4, 0.5) is 0 Å². The molecule has 5 heteroatoms. The molecular weight excluding hydrogens is 182 g/mol. The van der Waals surface area contributed by atoms with Crippen molar-refractivity contribution in [3.63, 3.8) is 0 Å². The molecule has 1 amide bonds. The second-order valence-corrected chi connectivity index (χ2v) is 3.36. The van der Waals surface area contributed by atoms with E-state index in [1.54, 1.807) is 6.07 Å². The Morgan fingerprint density at radius 2 is 2.57 bits per heavy atom. The molecule has 72 valence electrons. The average Bonchev–Trinajstić information content (AvgIpc) is 2.84. The maximum atomic E-state index is 11.5. The highest BCUT2D eigenvalue weighted by molar-refractivity contribution is 5.88. The summed E-state index contributed by atoms with van der Waals surface area (Å²) in [6.07, 6.45) is 2.83. The summed E-state index contributed by atoms with van der Waals surface area (Å²) in [7, 11) is 0. The number of hydrogen-bond donors (Lipinski definition) is 1. The zero-order valence-corrected chi connectivity index (χ0v) is 7.49. The topological polar surface area (TPSA) is 78.9 Å². The van der Waals surface area contributed by atoms with E-state index in [1.165, 1.54) is 6.20 Å². The van der Waals surface area contributed by atoms with Gasteiger partial charge in [-0.3, -0.25) is 4.79 Å². The average molecular weight is 191 g/mol. The standard InChI is InChI=1S/C9H9N3O2/c10-6-9(2-3-9)8(13)11-5-7-1-4-12-14-7/h1,4H,2-3,5H2,(H,11,13). The highest BCUT2D eigenvalue weighted by Gasteiger charge is 2.50. The zero-order valence-electron chi connectivity index (χ0n) is 7.49. The second kappa shape index (κ2) is 3.14. The number of carbonyl (C=O) groups excluding carboxylic acids is 1. The van der Waals surface area contributed by atoms with E-state index in [0.29, 0.717) is 25.1 Å². The van der Waals surface area contributed by atoms with E-state index in [0.717, 1.165) is 0 Å². The van der Waals surface area contributed by atoms with Crippen LogP contribution < -0.4 is 5.32 Å². The minimum Gasteiger partial charge on any atom is -0.360 e. The van der Waals surface area contributed by atoms with E-state index in [1.807, 2.05) is 6.07 Å². The number of nitrogens with one attached hydrogen (secondary N) is 1. The van der Waals surface area contributed by atoms with Crippen LogP contribution in [0.3, 0.4) is 0 Å². The molecule has 1 aromatic heterocycles. The molecule has 0 spiro atoms. The first-order chi connectivity index (χ1) is 6.77. The first-order valence-corrected chi connectivity index (χ1v) is 4.36. The number of hydrogen-bond acceptors (Lipinski definition) is 4. The van der Waals surface area contributed by atoms with Crippen molar-refractivity contribution in [1.29, 1.82) is 5.26 Å². The van der Waals surface area contributed by atoms with Gasteiger partial charge < -0.3 is 9.84 Å². The predicted molar refractivity (Wildman–Crippen MR) is 45.6 cm³/mol. The molecule has 0 bridgehead atoms. The van der Waals surface area contributed by atoms with Crippen LogP contribution >= 0.6 is 0 Å². The third-order valence-electron chi connectivity index (χ3n) is 2.31. The lowest BCUT2D eigenvalue weighted by molar-refractivity contribution is -0.124. The van der Waals surface area contributed by atoms with E-state index in [4.69, 9.17) is 9.78 Å². The molecule has 14 heavy (non-hydrogen) atoms. The van der Waals surface area contributed by atoms with Gasteiger partial charge in [0.2, 0.25) is 5.91 Å². The van der Waals surface area contributed by atoms with Gasteiger partial charge in [-0.05, 0) is 12.8 Å². The summed E-state index contributed by atoms with van der Waals surface area (Å²) >= 11 is 0. The molecule has 0 saturated heterocycles. The van der Waals surface area contributed by atoms with Crippen LogP contribution in [0.5, 0.6) is 0 Å². The van der Waals surface area contributed by atoms with Crippen LogP contribution in [0.25, 0.3) is 0 Å². The fourth-order valence-corrected chi connectivity index (χ4v) is 1.18. The van der Waals surface area contributed by atoms with Gasteiger partial charge in [0, 0.05) is 6.07 Å². The molecule has 1 heterocycles. The SMILES string of the molecule is N#CC1(C(=O)NCc2ccno2)CC1. The maximum absolute atomic E-state index is 11.5. The summed E-state index contributed by atoms with van der Waals surface area (Å²) in [6.45, 7) is 0.294. The van der Waals surface area contributed by atoms with Crippen molar-refractivity contribution in [3.05, 3.63) is 18.0 Å². The highest BCUT2D eigenvalue weighted by Crippen LogP contribution is 2.44. The van der Waals surface area contributed by atoms with Crippen molar-refractivity contribution in [2.24, 2.45) is 5.41 Å². The number of rotatable bonds is 3. The largest absolute Gasteiger partial charge is 0.360 e. The summed E-state index contributed by atoms with van der Waals surface area (Å²) in [6, 6.07) is 3.70.